The zero-order valence-corrected chi connectivity index (χ0v) is 11.8. The Balaban J connectivity index is 2.44. The molecule has 1 heterocycles. The number of nitrogen functional groups attached to an aromatic ring is 1. The van der Waals surface area contributed by atoms with Crippen molar-refractivity contribution in [2.45, 2.75) is 23.8 Å². The van der Waals surface area contributed by atoms with Gasteiger partial charge in [0.05, 0.1) is 5.69 Å². The van der Waals surface area contributed by atoms with Crippen molar-refractivity contribution in [1.82, 2.24) is 9.62 Å². The van der Waals surface area contributed by atoms with Crippen molar-refractivity contribution in [2.75, 3.05) is 19.3 Å². The lowest BCUT2D eigenvalue weighted by Gasteiger charge is -2.23. The number of nitrogens with one attached hydrogen (secondary N) is 1. The van der Waals surface area contributed by atoms with E-state index in [4.69, 9.17) is 5.73 Å². The summed E-state index contributed by atoms with van der Waals surface area (Å²) in [4.78, 5) is 11.4. The highest BCUT2D eigenvalue weighted by Crippen LogP contribution is 2.29. The lowest BCUT2D eigenvalue weighted by atomic mass is 10.2. The van der Waals surface area contributed by atoms with E-state index < -0.39 is 21.9 Å². The number of anilines is 1. The number of carbonyl (C=O) groups excluding carboxylic acids is 1. The third kappa shape index (κ3) is 2.48. The number of amides is 1. The van der Waals surface area contributed by atoms with Crippen LogP contribution in [-0.2, 0) is 14.8 Å². The van der Waals surface area contributed by atoms with E-state index in [0.717, 1.165) is 16.4 Å². The Kier molecular flexibility index (Phi) is 3.96. The first kappa shape index (κ1) is 14.7. The van der Waals surface area contributed by atoms with Crippen LogP contribution in [0.1, 0.15) is 12.8 Å². The minimum atomic E-state index is -3.99. The quantitative estimate of drug-likeness (QED) is 0.786. The SMILES string of the molecule is CNC(=O)C1CCCN1S(=O)(=O)c1cc(F)ccc1N. The fourth-order valence-corrected chi connectivity index (χ4v) is 4.10. The second-order valence-electron chi connectivity index (χ2n) is 4.57. The molecule has 1 aromatic rings. The summed E-state index contributed by atoms with van der Waals surface area (Å²) in [5, 5.41) is 2.44. The standard InChI is InChI=1S/C12H16FN3O3S/c1-15-12(17)10-3-2-6-16(10)20(18,19)11-7-8(13)4-5-9(11)14/h4-5,7,10H,2-3,6,14H2,1H3,(H,15,17). The van der Waals surface area contributed by atoms with Crippen molar-refractivity contribution in [3.05, 3.63) is 24.0 Å². The van der Waals surface area contributed by atoms with Crippen LogP contribution < -0.4 is 11.1 Å². The number of rotatable bonds is 3. The molecule has 20 heavy (non-hydrogen) atoms. The average molecular weight is 301 g/mol. The molecule has 0 bridgehead atoms. The first-order valence-corrected chi connectivity index (χ1v) is 7.60. The highest BCUT2D eigenvalue weighted by molar-refractivity contribution is 7.89. The van der Waals surface area contributed by atoms with Crippen LogP contribution in [-0.4, -0.2) is 38.3 Å². The molecular weight excluding hydrogens is 285 g/mol. The molecule has 1 fully saturated rings. The van der Waals surface area contributed by atoms with Gasteiger partial charge in [0.2, 0.25) is 15.9 Å². The van der Waals surface area contributed by atoms with Crippen LogP contribution in [0, 0.1) is 5.82 Å². The summed E-state index contributed by atoms with van der Waals surface area (Å²) in [6.45, 7) is 0.219. The highest BCUT2D eigenvalue weighted by Gasteiger charge is 2.39. The van der Waals surface area contributed by atoms with Crippen molar-refractivity contribution in [3.8, 4) is 0 Å². The molecular formula is C12H16FN3O3S. The molecule has 0 aliphatic carbocycles. The Morgan fingerprint density at radius 1 is 1.50 bits per heavy atom. The maximum atomic E-state index is 13.3. The van der Waals surface area contributed by atoms with E-state index in [1.165, 1.54) is 13.1 Å². The summed E-state index contributed by atoms with van der Waals surface area (Å²) in [5.74, 6) is -1.06. The number of likely N-dealkylation sites (N-methyl/N-ethyl adjacent to an activating group) is 1. The molecule has 2 rings (SSSR count). The molecule has 1 atom stereocenters. The van der Waals surface area contributed by atoms with Gasteiger partial charge in [-0.25, -0.2) is 12.8 Å². The van der Waals surface area contributed by atoms with Crippen LogP contribution in [0.5, 0.6) is 0 Å². The van der Waals surface area contributed by atoms with Crippen LogP contribution in [0.2, 0.25) is 0 Å². The van der Waals surface area contributed by atoms with Gasteiger partial charge in [0.1, 0.15) is 16.8 Å². The summed E-state index contributed by atoms with van der Waals surface area (Å²) in [7, 11) is -2.54. The van der Waals surface area contributed by atoms with E-state index in [1.807, 2.05) is 0 Å². The van der Waals surface area contributed by atoms with Crippen LogP contribution in [0.15, 0.2) is 23.1 Å². The second kappa shape index (κ2) is 5.37. The number of nitrogens with two attached hydrogens (primary N) is 1. The molecule has 1 aliphatic rings. The van der Waals surface area contributed by atoms with Gasteiger partial charge in [-0.1, -0.05) is 0 Å². The van der Waals surface area contributed by atoms with Gasteiger partial charge in [-0.3, -0.25) is 4.79 Å². The van der Waals surface area contributed by atoms with Crippen LogP contribution >= 0.6 is 0 Å². The molecule has 8 heteroatoms. The third-order valence-corrected chi connectivity index (χ3v) is 5.28. The Bertz CT molecular complexity index is 633. The minimum Gasteiger partial charge on any atom is -0.398 e. The van der Waals surface area contributed by atoms with Crippen molar-refractivity contribution in [1.29, 1.82) is 0 Å². The van der Waals surface area contributed by atoms with Crippen molar-refractivity contribution in [2.24, 2.45) is 0 Å². The molecule has 3 N–H and O–H groups in total. The van der Waals surface area contributed by atoms with Crippen LogP contribution in [0.4, 0.5) is 10.1 Å². The lowest BCUT2D eigenvalue weighted by Crippen LogP contribution is -2.44. The molecule has 1 aliphatic heterocycles. The normalized spacial score (nSPS) is 20.0. The van der Waals surface area contributed by atoms with Gasteiger partial charge >= 0.3 is 0 Å². The Labute approximate surface area is 116 Å². The second-order valence-corrected chi connectivity index (χ2v) is 6.43. The fourth-order valence-electron chi connectivity index (χ4n) is 2.31. The van der Waals surface area contributed by atoms with E-state index in [-0.39, 0.29) is 23.0 Å². The zero-order chi connectivity index (χ0) is 14.9. The lowest BCUT2D eigenvalue weighted by molar-refractivity contribution is -0.123. The summed E-state index contributed by atoms with van der Waals surface area (Å²) < 4.78 is 39.4. The zero-order valence-electron chi connectivity index (χ0n) is 11.0. The fraction of sp³-hybridized carbons (Fsp3) is 0.417. The molecule has 0 spiro atoms. The molecule has 0 aromatic heterocycles. The summed E-state index contributed by atoms with van der Waals surface area (Å²) in [5.41, 5.74) is 5.59. The van der Waals surface area contributed by atoms with Crippen LogP contribution in [0.25, 0.3) is 0 Å². The molecule has 1 amide bonds. The van der Waals surface area contributed by atoms with E-state index in [2.05, 4.69) is 5.32 Å². The Morgan fingerprint density at radius 3 is 2.85 bits per heavy atom. The molecule has 1 unspecified atom stereocenters. The maximum Gasteiger partial charge on any atom is 0.245 e. The van der Waals surface area contributed by atoms with E-state index >= 15 is 0 Å². The summed E-state index contributed by atoms with van der Waals surface area (Å²) in [6, 6.07) is 2.40. The van der Waals surface area contributed by atoms with Crippen molar-refractivity contribution < 1.29 is 17.6 Å². The highest BCUT2D eigenvalue weighted by atomic mass is 32.2. The van der Waals surface area contributed by atoms with Crippen molar-refractivity contribution >= 4 is 21.6 Å². The van der Waals surface area contributed by atoms with Gasteiger partial charge in [-0.2, -0.15) is 4.31 Å². The molecule has 1 aromatic carbocycles. The van der Waals surface area contributed by atoms with Gasteiger partial charge in [0.15, 0.2) is 0 Å². The van der Waals surface area contributed by atoms with E-state index in [9.17, 15) is 17.6 Å². The molecule has 0 radical (unpaired) electrons. The third-order valence-electron chi connectivity index (χ3n) is 3.31. The summed E-state index contributed by atoms with van der Waals surface area (Å²) >= 11 is 0. The topological polar surface area (TPSA) is 92.5 Å². The molecule has 1 saturated heterocycles. The Morgan fingerprint density at radius 2 is 2.20 bits per heavy atom. The Hall–Kier alpha value is -1.67. The number of nitrogens with zero attached hydrogens (tertiary/aromatic N) is 1. The first-order chi connectivity index (χ1) is 9.37. The molecule has 6 nitrogen and oxygen atoms in total. The minimum absolute atomic E-state index is 0.0334. The first-order valence-electron chi connectivity index (χ1n) is 6.16. The summed E-state index contributed by atoms with van der Waals surface area (Å²) in [6.07, 6.45) is 1.01. The predicted molar refractivity (Wildman–Crippen MR) is 71.8 cm³/mol. The van der Waals surface area contributed by atoms with Gasteiger partial charge in [0, 0.05) is 13.6 Å². The van der Waals surface area contributed by atoms with E-state index in [0.29, 0.717) is 12.8 Å². The molecule has 110 valence electrons. The van der Waals surface area contributed by atoms with Gasteiger partial charge in [-0.05, 0) is 31.0 Å². The largest absolute Gasteiger partial charge is 0.398 e. The number of benzene rings is 1. The smallest absolute Gasteiger partial charge is 0.245 e. The maximum absolute atomic E-state index is 13.3. The number of carbonyl (C=O) groups is 1. The molecule has 0 saturated carbocycles. The number of hydrogen-bond donors (Lipinski definition) is 2. The van der Waals surface area contributed by atoms with Gasteiger partial charge in [0.25, 0.3) is 0 Å². The monoisotopic (exact) mass is 301 g/mol. The number of sulfonamides is 1. The van der Waals surface area contributed by atoms with Crippen molar-refractivity contribution in [3.63, 3.8) is 0 Å². The van der Waals surface area contributed by atoms with Gasteiger partial charge in [-0.15, -0.1) is 0 Å². The number of hydrogen-bond acceptors (Lipinski definition) is 4. The predicted octanol–water partition coefficient (Wildman–Crippen LogP) is 0.307. The number of halogens is 1. The average Bonchev–Trinajstić information content (AvgIpc) is 2.90. The van der Waals surface area contributed by atoms with Gasteiger partial charge < -0.3 is 11.1 Å². The van der Waals surface area contributed by atoms with E-state index in [1.54, 1.807) is 0 Å². The van der Waals surface area contributed by atoms with Crippen LogP contribution in [0.3, 0.4) is 0 Å².